The van der Waals surface area contributed by atoms with Crippen molar-refractivity contribution < 1.29 is 14.6 Å². The summed E-state index contributed by atoms with van der Waals surface area (Å²) in [5.41, 5.74) is 2.91. The number of benzene rings is 1. The zero-order chi connectivity index (χ0) is 12.3. The molecule has 0 saturated heterocycles. The van der Waals surface area contributed by atoms with Gasteiger partial charge in [0, 0.05) is 0 Å². The molecule has 0 saturated carbocycles. The summed E-state index contributed by atoms with van der Waals surface area (Å²) < 4.78 is 4.69. The van der Waals surface area contributed by atoms with Gasteiger partial charge in [-0.1, -0.05) is 13.0 Å². The number of methoxy groups -OCH3 is 1. The van der Waals surface area contributed by atoms with Crippen LogP contribution >= 0.6 is 0 Å². The molecule has 0 heterocycles. The Kier molecular flexibility index (Phi) is 3.93. The lowest BCUT2D eigenvalue weighted by atomic mass is 9.95. The summed E-state index contributed by atoms with van der Waals surface area (Å²) in [6.07, 6.45) is 0.639. The van der Waals surface area contributed by atoms with Gasteiger partial charge in [-0.05, 0) is 43.0 Å². The van der Waals surface area contributed by atoms with E-state index in [9.17, 15) is 9.90 Å². The number of rotatable bonds is 3. The summed E-state index contributed by atoms with van der Waals surface area (Å²) in [5.74, 6) is -0.0651. The molecule has 1 rings (SSSR count). The first-order chi connectivity index (χ1) is 7.45. The van der Waals surface area contributed by atoms with Gasteiger partial charge in [-0.3, -0.25) is 4.79 Å². The summed E-state index contributed by atoms with van der Waals surface area (Å²) in [6.45, 7) is 5.62. The number of ether oxygens (including phenoxy) is 1. The molecule has 0 aliphatic heterocycles. The van der Waals surface area contributed by atoms with Gasteiger partial charge in [0.1, 0.15) is 5.75 Å². The average molecular weight is 222 g/mol. The van der Waals surface area contributed by atoms with Gasteiger partial charge in [0.2, 0.25) is 0 Å². The van der Waals surface area contributed by atoms with Crippen LogP contribution in [0, 0.1) is 19.8 Å². The highest BCUT2D eigenvalue weighted by molar-refractivity contribution is 5.72. The minimum absolute atomic E-state index is 0.160. The minimum Gasteiger partial charge on any atom is -0.508 e. The second-order valence-electron chi connectivity index (χ2n) is 4.19. The molecule has 1 atom stereocenters. The van der Waals surface area contributed by atoms with Crippen molar-refractivity contribution in [3.8, 4) is 5.75 Å². The van der Waals surface area contributed by atoms with E-state index < -0.39 is 0 Å². The number of phenolic OH excluding ortho intramolecular Hbond substituents is 1. The Hall–Kier alpha value is -1.51. The zero-order valence-corrected chi connectivity index (χ0v) is 10.2. The molecule has 1 N–H and O–H groups in total. The van der Waals surface area contributed by atoms with Crippen molar-refractivity contribution in [1.29, 1.82) is 0 Å². The molecule has 0 aromatic heterocycles. The van der Waals surface area contributed by atoms with Crippen LogP contribution < -0.4 is 0 Å². The van der Waals surface area contributed by atoms with Gasteiger partial charge in [-0.25, -0.2) is 0 Å². The number of hydrogen-bond acceptors (Lipinski definition) is 3. The predicted molar refractivity (Wildman–Crippen MR) is 62.5 cm³/mol. The van der Waals surface area contributed by atoms with Gasteiger partial charge in [0.15, 0.2) is 0 Å². The number of carbonyl (C=O) groups is 1. The Labute approximate surface area is 96.1 Å². The number of aryl methyl sites for hydroxylation is 2. The van der Waals surface area contributed by atoms with E-state index in [0.717, 1.165) is 16.7 Å². The highest BCUT2D eigenvalue weighted by atomic mass is 16.5. The molecular weight excluding hydrogens is 204 g/mol. The lowest BCUT2D eigenvalue weighted by Gasteiger charge is -2.12. The first kappa shape index (κ1) is 12.6. The molecule has 0 aliphatic carbocycles. The summed E-state index contributed by atoms with van der Waals surface area (Å²) >= 11 is 0. The van der Waals surface area contributed by atoms with Crippen LogP contribution in [0.15, 0.2) is 12.1 Å². The van der Waals surface area contributed by atoms with Crippen molar-refractivity contribution in [1.82, 2.24) is 0 Å². The van der Waals surface area contributed by atoms with E-state index in [1.54, 1.807) is 6.07 Å². The predicted octanol–water partition coefficient (Wildman–Crippen LogP) is 2.36. The quantitative estimate of drug-likeness (QED) is 0.798. The van der Waals surface area contributed by atoms with Crippen LogP contribution in [0.3, 0.4) is 0 Å². The van der Waals surface area contributed by atoms with E-state index in [1.807, 2.05) is 26.8 Å². The third-order valence-corrected chi connectivity index (χ3v) is 2.78. The van der Waals surface area contributed by atoms with E-state index in [4.69, 9.17) is 0 Å². The number of phenols is 1. The molecule has 1 aromatic carbocycles. The van der Waals surface area contributed by atoms with Crippen LogP contribution in [-0.2, 0) is 16.0 Å². The SMILES string of the molecule is COC(=O)C(C)Cc1cc(C)c(O)cc1C. The average Bonchev–Trinajstić information content (AvgIpc) is 2.24. The Morgan fingerprint density at radius 1 is 1.38 bits per heavy atom. The molecule has 0 radical (unpaired) electrons. The fourth-order valence-corrected chi connectivity index (χ4v) is 1.70. The molecule has 1 aromatic rings. The fraction of sp³-hybridized carbons (Fsp3) is 0.462. The maximum Gasteiger partial charge on any atom is 0.308 e. The van der Waals surface area contributed by atoms with Gasteiger partial charge >= 0.3 is 5.97 Å². The first-order valence-corrected chi connectivity index (χ1v) is 5.32. The normalized spacial score (nSPS) is 12.2. The van der Waals surface area contributed by atoms with Gasteiger partial charge in [0.25, 0.3) is 0 Å². The number of carbonyl (C=O) groups excluding carboxylic acids is 1. The van der Waals surface area contributed by atoms with Crippen molar-refractivity contribution in [3.63, 3.8) is 0 Å². The Morgan fingerprint density at radius 3 is 2.56 bits per heavy atom. The van der Waals surface area contributed by atoms with Crippen molar-refractivity contribution in [2.24, 2.45) is 5.92 Å². The molecular formula is C13H18O3. The van der Waals surface area contributed by atoms with Gasteiger partial charge in [-0.2, -0.15) is 0 Å². The molecule has 0 aliphatic rings. The van der Waals surface area contributed by atoms with Crippen LogP contribution in [0.4, 0.5) is 0 Å². The number of esters is 1. The Morgan fingerprint density at radius 2 is 2.00 bits per heavy atom. The third kappa shape index (κ3) is 2.75. The minimum atomic E-state index is -0.204. The van der Waals surface area contributed by atoms with E-state index in [2.05, 4.69) is 4.74 Å². The lowest BCUT2D eigenvalue weighted by Crippen LogP contribution is -2.15. The van der Waals surface area contributed by atoms with Crippen LogP contribution in [-0.4, -0.2) is 18.2 Å². The zero-order valence-electron chi connectivity index (χ0n) is 10.2. The topological polar surface area (TPSA) is 46.5 Å². The van der Waals surface area contributed by atoms with Crippen molar-refractivity contribution in [2.45, 2.75) is 27.2 Å². The van der Waals surface area contributed by atoms with Gasteiger partial charge in [0.05, 0.1) is 13.0 Å². The van der Waals surface area contributed by atoms with E-state index in [1.165, 1.54) is 7.11 Å². The van der Waals surface area contributed by atoms with Crippen molar-refractivity contribution in [2.75, 3.05) is 7.11 Å². The standard InChI is InChI=1S/C13H18O3/c1-8-7-12(14)9(2)5-11(8)6-10(3)13(15)16-4/h5,7,10,14H,6H2,1-4H3. The number of aromatic hydroxyl groups is 1. The van der Waals surface area contributed by atoms with E-state index in [0.29, 0.717) is 12.2 Å². The Balaban J connectivity index is 2.89. The molecule has 0 amide bonds. The number of hydrogen-bond donors (Lipinski definition) is 1. The molecule has 88 valence electrons. The molecule has 3 nitrogen and oxygen atoms in total. The summed E-state index contributed by atoms with van der Waals surface area (Å²) in [7, 11) is 1.40. The highest BCUT2D eigenvalue weighted by Crippen LogP contribution is 2.23. The van der Waals surface area contributed by atoms with Crippen LogP contribution in [0.5, 0.6) is 5.75 Å². The summed E-state index contributed by atoms with van der Waals surface area (Å²) in [4.78, 5) is 11.3. The molecule has 16 heavy (non-hydrogen) atoms. The maximum atomic E-state index is 11.3. The second-order valence-corrected chi connectivity index (χ2v) is 4.19. The van der Waals surface area contributed by atoms with E-state index >= 15 is 0 Å². The highest BCUT2D eigenvalue weighted by Gasteiger charge is 2.15. The van der Waals surface area contributed by atoms with Gasteiger partial charge in [-0.15, -0.1) is 0 Å². The molecule has 0 fully saturated rings. The second kappa shape index (κ2) is 5.01. The smallest absolute Gasteiger partial charge is 0.308 e. The summed E-state index contributed by atoms with van der Waals surface area (Å²) in [5, 5.41) is 9.52. The van der Waals surface area contributed by atoms with Gasteiger partial charge < -0.3 is 9.84 Å². The maximum absolute atomic E-state index is 11.3. The monoisotopic (exact) mass is 222 g/mol. The first-order valence-electron chi connectivity index (χ1n) is 5.32. The van der Waals surface area contributed by atoms with Crippen LogP contribution in [0.25, 0.3) is 0 Å². The third-order valence-electron chi connectivity index (χ3n) is 2.78. The largest absolute Gasteiger partial charge is 0.508 e. The molecule has 0 spiro atoms. The lowest BCUT2D eigenvalue weighted by molar-refractivity contribution is -0.144. The summed E-state index contributed by atoms with van der Waals surface area (Å²) in [6, 6.07) is 3.65. The fourth-order valence-electron chi connectivity index (χ4n) is 1.70. The molecule has 1 unspecified atom stereocenters. The van der Waals surface area contributed by atoms with Crippen LogP contribution in [0.2, 0.25) is 0 Å². The Bertz CT molecular complexity index is 396. The van der Waals surface area contributed by atoms with E-state index in [-0.39, 0.29) is 11.9 Å². The van der Waals surface area contributed by atoms with Crippen molar-refractivity contribution >= 4 is 5.97 Å². The van der Waals surface area contributed by atoms with Crippen molar-refractivity contribution in [3.05, 3.63) is 28.8 Å². The molecule has 0 bridgehead atoms. The molecule has 3 heteroatoms. The van der Waals surface area contributed by atoms with Crippen LogP contribution in [0.1, 0.15) is 23.6 Å².